The summed E-state index contributed by atoms with van der Waals surface area (Å²) >= 11 is 0. The number of likely N-dealkylation sites (tertiary alicyclic amines) is 1. The first-order valence-corrected chi connectivity index (χ1v) is 9.56. The minimum absolute atomic E-state index is 0.000142. The van der Waals surface area contributed by atoms with Crippen LogP contribution in [0.15, 0.2) is 17.2 Å². The number of amides is 2. The van der Waals surface area contributed by atoms with Gasteiger partial charge in [0, 0.05) is 38.7 Å². The van der Waals surface area contributed by atoms with Crippen LogP contribution in [0.2, 0.25) is 0 Å². The monoisotopic (exact) mass is 360 g/mol. The van der Waals surface area contributed by atoms with Crippen LogP contribution in [0, 0.1) is 11.8 Å². The fraction of sp³-hybridized carbons (Fsp3) is 0.684. The lowest BCUT2D eigenvalue weighted by atomic mass is 9.93. The Morgan fingerprint density at radius 2 is 2.00 bits per heavy atom. The molecule has 0 radical (unpaired) electrons. The van der Waals surface area contributed by atoms with Crippen molar-refractivity contribution in [2.75, 3.05) is 19.6 Å². The highest BCUT2D eigenvalue weighted by Crippen LogP contribution is 2.22. The van der Waals surface area contributed by atoms with Crippen molar-refractivity contribution < 1.29 is 9.59 Å². The van der Waals surface area contributed by atoms with Gasteiger partial charge in [-0.2, -0.15) is 0 Å². The Labute approximate surface area is 153 Å². The van der Waals surface area contributed by atoms with Gasteiger partial charge in [-0.1, -0.05) is 13.8 Å². The van der Waals surface area contributed by atoms with E-state index in [2.05, 4.69) is 10.3 Å². The van der Waals surface area contributed by atoms with E-state index in [0.717, 1.165) is 31.6 Å². The van der Waals surface area contributed by atoms with Crippen molar-refractivity contribution in [3.05, 3.63) is 28.4 Å². The predicted molar refractivity (Wildman–Crippen MR) is 97.6 cm³/mol. The average molecular weight is 360 g/mol. The fourth-order valence-corrected chi connectivity index (χ4v) is 3.71. The van der Waals surface area contributed by atoms with Crippen molar-refractivity contribution in [1.29, 1.82) is 0 Å². The molecule has 2 amide bonds. The van der Waals surface area contributed by atoms with Crippen LogP contribution >= 0.6 is 0 Å². The Balaban J connectivity index is 1.52. The number of piperidine rings is 2. The Morgan fingerprint density at radius 3 is 2.58 bits per heavy atom. The van der Waals surface area contributed by atoms with Crippen molar-refractivity contribution in [2.45, 2.75) is 52.0 Å². The number of carbonyl (C=O) groups is 2. The summed E-state index contributed by atoms with van der Waals surface area (Å²) in [6, 6.07) is 1.63. The first-order chi connectivity index (χ1) is 12.4. The molecule has 7 nitrogen and oxygen atoms in total. The molecule has 0 aliphatic carbocycles. The summed E-state index contributed by atoms with van der Waals surface area (Å²) in [5.41, 5.74) is 0.825. The number of hydrogen-bond donors (Lipinski definition) is 1. The summed E-state index contributed by atoms with van der Waals surface area (Å²) in [6.45, 7) is 6.61. The summed E-state index contributed by atoms with van der Waals surface area (Å²) in [6.07, 6.45) is 4.52. The van der Waals surface area contributed by atoms with Gasteiger partial charge in [0.2, 0.25) is 11.8 Å². The molecule has 1 N–H and O–H groups in total. The van der Waals surface area contributed by atoms with Crippen LogP contribution in [-0.2, 0) is 16.1 Å². The maximum Gasteiger partial charge on any atom is 0.253 e. The third kappa shape index (κ3) is 4.31. The molecular formula is C19H28N4O3. The Hall–Kier alpha value is -2.18. The van der Waals surface area contributed by atoms with E-state index in [9.17, 15) is 14.4 Å². The molecule has 2 saturated heterocycles. The molecule has 0 aromatic carbocycles. The van der Waals surface area contributed by atoms with Gasteiger partial charge in [0.25, 0.3) is 5.56 Å². The number of nitrogens with zero attached hydrogens (tertiary/aromatic N) is 3. The molecule has 3 heterocycles. The highest BCUT2D eigenvalue weighted by Gasteiger charge is 2.30. The van der Waals surface area contributed by atoms with Gasteiger partial charge >= 0.3 is 0 Å². The van der Waals surface area contributed by atoms with E-state index in [-0.39, 0.29) is 29.2 Å². The summed E-state index contributed by atoms with van der Waals surface area (Å²) in [7, 11) is 0. The molecule has 1 aromatic heterocycles. The Kier molecular flexibility index (Phi) is 5.74. The van der Waals surface area contributed by atoms with Gasteiger partial charge in [-0.3, -0.25) is 19.0 Å². The van der Waals surface area contributed by atoms with Crippen molar-refractivity contribution in [3.8, 4) is 0 Å². The number of aromatic nitrogens is 2. The van der Waals surface area contributed by atoms with Crippen molar-refractivity contribution in [3.63, 3.8) is 0 Å². The molecule has 0 bridgehead atoms. The SMILES string of the molecule is CC(C)c1cc(=O)n(CC2CCN(C(=O)C3CCC(=O)NC3)CC2)cn1. The third-order valence-corrected chi connectivity index (χ3v) is 5.49. The van der Waals surface area contributed by atoms with Crippen LogP contribution in [-0.4, -0.2) is 45.9 Å². The van der Waals surface area contributed by atoms with Gasteiger partial charge < -0.3 is 10.2 Å². The molecule has 7 heteroatoms. The minimum Gasteiger partial charge on any atom is -0.355 e. The second kappa shape index (κ2) is 8.01. The lowest BCUT2D eigenvalue weighted by Crippen LogP contribution is -2.47. The molecule has 3 rings (SSSR count). The maximum absolute atomic E-state index is 12.6. The van der Waals surface area contributed by atoms with E-state index in [0.29, 0.717) is 31.8 Å². The molecule has 142 valence electrons. The van der Waals surface area contributed by atoms with Crippen LogP contribution in [0.3, 0.4) is 0 Å². The van der Waals surface area contributed by atoms with E-state index in [1.807, 2.05) is 18.7 Å². The summed E-state index contributed by atoms with van der Waals surface area (Å²) < 4.78 is 1.69. The van der Waals surface area contributed by atoms with E-state index in [1.54, 1.807) is 17.0 Å². The first-order valence-electron chi connectivity index (χ1n) is 9.56. The number of carbonyl (C=O) groups excluding carboxylic acids is 2. The molecule has 2 aliphatic heterocycles. The fourth-order valence-electron chi connectivity index (χ4n) is 3.71. The van der Waals surface area contributed by atoms with Gasteiger partial charge in [0.1, 0.15) is 0 Å². The minimum atomic E-state index is -0.0837. The topological polar surface area (TPSA) is 84.3 Å². The third-order valence-electron chi connectivity index (χ3n) is 5.49. The molecule has 26 heavy (non-hydrogen) atoms. The van der Waals surface area contributed by atoms with E-state index < -0.39 is 0 Å². The molecule has 2 fully saturated rings. The normalized spacial score (nSPS) is 21.7. The van der Waals surface area contributed by atoms with Crippen LogP contribution < -0.4 is 10.9 Å². The quantitative estimate of drug-likeness (QED) is 0.872. The predicted octanol–water partition coefficient (Wildman–Crippen LogP) is 1.13. The summed E-state index contributed by atoms with van der Waals surface area (Å²) in [5.74, 6) is 0.740. The van der Waals surface area contributed by atoms with Crippen LogP contribution in [0.5, 0.6) is 0 Å². The standard InChI is InChI=1S/C19H28N4O3/c1-13(2)16-9-18(25)23(12-21-16)11-14-5-7-22(8-6-14)19(26)15-3-4-17(24)20-10-15/h9,12-15H,3-8,10-11H2,1-2H3,(H,20,24). The van der Waals surface area contributed by atoms with Gasteiger partial charge in [-0.25, -0.2) is 4.98 Å². The van der Waals surface area contributed by atoms with Crippen molar-refractivity contribution in [2.24, 2.45) is 11.8 Å². The Bertz CT molecular complexity index is 710. The van der Waals surface area contributed by atoms with Crippen molar-refractivity contribution in [1.82, 2.24) is 19.8 Å². The number of hydrogen-bond acceptors (Lipinski definition) is 4. The molecule has 0 spiro atoms. The molecule has 0 saturated carbocycles. The van der Waals surface area contributed by atoms with Gasteiger partial charge in [-0.05, 0) is 31.1 Å². The lowest BCUT2D eigenvalue weighted by Gasteiger charge is -2.35. The van der Waals surface area contributed by atoms with E-state index in [1.165, 1.54) is 0 Å². The lowest BCUT2D eigenvalue weighted by molar-refractivity contribution is -0.138. The van der Waals surface area contributed by atoms with Crippen LogP contribution in [0.1, 0.15) is 51.1 Å². The zero-order chi connectivity index (χ0) is 18.7. The van der Waals surface area contributed by atoms with Crippen molar-refractivity contribution >= 4 is 11.8 Å². The largest absolute Gasteiger partial charge is 0.355 e. The molecule has 2 aliphatic rings. The molecule has 1 atom stereocenters. The van der Waals surface area contributed by atoms with Gasteiger partial charge in [-0.15, -0.1) is 0 Å². The van der Waals surface area contributed by atoms with Crippen LogP contribution in [0.4, 0.5) is 0 Å². The zero-order valence-electron chi connectivity index (χ0n) is 15.6. The smallest absolute Gasteiger partial charge is 0.253 e. The molecular weight excluding hydrogens is 332 g/mol. The second-order valence-electron chi connectivity index (χ2n) is 7.77. The number of rotatable bonds is 4. The Morgan fingerprint density at radius 1 is 1.27 bits per heavy atom. The maximum atomic E-state index is 12.6. The summed E-state index contributed by atoms with van der Waals surface area (Å²) in [4.78, 5) is 42.4. The summed E-state index contributed by atoms with van der Waals surface area (Å²) in [5, 5.41) is 2.78. The van der Waals surface area contributed by atoms with Gasteiger partial charge in [0.05, 0.1) is 17.9 Å². The highest BCUT2D eigenvalue weighted by molar-refractivity contribution is 5.83. The van der Waals surface area contributed by atoms with E-state index >= 15 is 0 Å². The second-order valence-corrected chi connectivity index (χ2v) is 7.77. The van der Waals surface area contributed by atoms with E-state index in [4.69, 9.17) is 0 Å². The van der Waals surface area contributed by atoms with Gasteiger partial charge in [0.15, 0.2) is 0 Å². The zero-order valence-corrected chi connectivity index (χ0v) is 15.6. The number of nitrogens with one attached hydrogen (secondary N) is 1. The molecule has 1 unspecified atom stereocenters. The highest BCUT2D eigenvalue weighted by atomic mass is 16.2. The van der Waals surface area contributed by atoms with Crippen LogP contribution in [0.25, 0.3) is 0 Å². The molecule has 1 aromatic rings. The first kappa shape index (κ1) is 18.6. The average Bonchev–Trinajstić information content (AvgIpc) is 2.64.